The van der Waals surface area contributed by atoms with Crippen LogP contribution in [0.2, 0.25) is 5.02 Å². The summed E-state index contributed by atoms with van der Waals surface area (Å²) in [6, 6.07) is 21.4. The maximum Gasteiger partial charge on any atom is 0.349 e. The molecule has 4 rings (SSSR count). The van der Waals surface area contributed by atoms with E-state index in [0.29, 0.717) is 27.2 Å². The smallest absolute Gasteiger partial charge is 0.349 e. The minimum absolute atomic E-state index is 0.279. The molecule has 7 heteroatoms. The van der Waals surface area contributed by atoms with Crippen LogP contribution in [0.15, 0.2) is 87.5 Å². The van der Waals surface area contributed by atoms with Crippen molar-refractivity contribution < 1.29 is 4.74 Å². The van der Waals surface area contributed by atoms with Gasteiger partial charge in [0.2, 0.25) is 0 Å². The van der Waals surface area contributed by atoms with Gasteiger partial charge in [0.15, 0.2) is 0 Å². The second-order valence-corrected chi connectivity index (χ2v) is 6.66. The first-order valence-corrected chi connectivity index (χ1v) is 9.25. The van der Waals surface area contributed by atoms with Crippen LogP contribution in [0.1, 0.15) is 11.1 Å². The molecule has 29 heavy (non-hydrogen) atoms. The highest BCUT2D eigenvalue weighted by atomic mass is 35.5. The molecule has 1 N–H and O–H groups in total. The minimum atomic E-state index is -0.612. The number of benzene rings is 3. The molecule has 0 aliphatic heterocycles. The molecule has 1 aromatic heterocycles. The molecule has 0 saturated heterocycles. The summed E-state index contributed by atoms with van der Waals surface area (Å²) in [5, 5.41) is 5.09. The number of ether oxygens (including phenoxy) is 1. The van der Waals surface area contributed by atoms with Crippen molar-refractivity contribution in [2.45, 2.75) is 6.61 Å². The molecule has 0 saturated carbocycles. The number of H-pyrrole nitrogens is 1. The Labute approximate surface area is 170 Å². The molecule has 0 radical (unpaired) electrons. The van der Waals surface area contributed by atoms with Crippen LogP contribution in [-0.2, 0) is 6.61 Å². The van der Waals surface area contributed by atoms with E-state index >= 15 is 0 Å². The third kappa shape index (κ3) is 3.97. The summed E-state index contributed by atoms with van der Waals surface area (Å²) >= 11 is 6.17. The van der Waals surface area contributed by atoms with E-state index in [0.717, 1.165) is 10.2 Å². The largest absolute Gasteiger partial charge is 0.488 e. The third-order valence-electron chi connectivity index (χ3n) is 4.36. The van der Waals surface area contributed by atoms with Crippen LogP contribution in [0, 0.1) is 0 Å². The fourth-order valence-electron chi connectivity index (χ4n) is 2.87. The summed E-state index contributed by atoms with van der Waals surface area (Å²) in [6.07, 6.45) is 1.42. The second-order valence-electron chi connectivity index (χ2n) is 6.26. The third-order valence-corrected chi connectivity index (χ3v) is 4.72. The Morgan fingerprint density at radius 2 is 1.69 bits per heavy atom. The maximum atomic E-state index is 12.6. The van der Waals surface area contributed by atoms with Crippen molar-refractivity contribution in [3.05, 3.63) is 110 Å². The first-order chi connectivity index (χ1) is 14.1. The molecule has 0 spiro atoms. The highest BCUT2D eigenvalue weighted by Gasteiger charge is 2.07. The maximum absolute atomic E-state index is 12.6. The van der Waals surface area contributed by atoms with E-state index in [-0.39, 0.29) is 6.61 Å². The Kier molecular flexibility index (Phi) is 5.27. The summed E-state index contributed by atoms with van der Waals surface area (Å²) in [4.78, 5) is 27.5. The minimum Gasteiger partial charge on any atom is -0.488 e. The topological polar surface area (TPSA) is 76.5 Å². The summed E-state index contributed by atoms with van der Waals surface area (Å²) in [7, 11) is 0. The number of nitrogens with zero attached hydrogens (tertiary/aromatic N) is 2. The van der Waals surface area contributed by atoms with Gasteiger partial charge in [0.1, 0.15) is 12.4 Å². The van der Waals surface area contributed by atoms with Crippen molar-refractivity contribution in [3.63, 3.8) is 0 Å². The van der Waals surface area contributed by atoms with Gasteiger partial charge in [-0.05, 0) is 30.3 Å². The summed E-state index contributed by atoms with van der Waals surface area (Å²) in [5.41, 5.74) is 0.842. The normalized spacial score (nSPS) is 11.2. The van der Waals surface area contributed by atoms with Crippen LogP contribution in [0.4, 0.5) is 0 Å². The molecule has 3 aromatic carbocycles. The summed E-state index contributed by atoms with van der Waals surface area (Å²) in [5.74, 6) is 0.557. The Morgan fingerprint density at radius 3 is 2.55 bits per heavy atom. The molecule has 0 fully saturated rings. The van der Waals surface area contributed by atoms with Crippen LogP contribution in [-0.4, -0.2) is 15.9 Å². The molecule has 0 amide bonds. The molecular weight excluding hydrogens is 390 g/mol. The number of fused-ring (bicyclic) bond motifs is 1. The quantitative estimate of drug-likeness (QED) is 0.513. The zero-order chi connectivity index (χ0) is 20.2. The average Bonchev–Trinajstić information content (AvgIpc) is 2.74. The number of hydrogen-bond acceptors (Lipinski definition) is 4. The highest BCUT2D eigenvalue weighted by molar-refractivity contribution is 6.31. The predicted octanol–water partition coefficient (Wildman–Crippen LogP) is 3.80. The standard InChI is InChI=1S/C22H16ClN3O3/c23-18-10-4-1-8-16(18)14-29-20-12-6-2-7-15(20)13-24-26-21(27)17-9-3-5-11-19(17)25-22(26)28/h1-13H,14H2,(H,25,28). The molecular formula is C22H16ClN3O3. The van der Waals surface area contributed by atoms with E-state index in [1.807, 2.05) is 30.3 Å². The van der Waals surface area contributed by atoms with Crippen molar-refractivity contribution in [2.75, 3.05) is 0 Å². The molecule has 0 aliphatic carbocycles. The molecule has 0 aliphatic rings. The molecule has 1 heterocycles. The van der Waals surface area contributed by atoms with Gasteiger partial charge < -0.3 is 9.72 Å². The second kappa shape index (κ2) is 8.16. The van der Waals surface area contributed by atoms with Crippen molar-refractivity contribution in [3.8, 4) is 5.75 Å². The van der Waals surface area contributed by atoms with E-state index < -0.39 is 11.2 Å². The van der Waals surface area contributed by atoms with Gasteiger partial charge in [0, 0.05) is 16.1 Å². The average molecular weight is 406 g/mol. The van der Waals surface area contributed by atoms with Crippen LogP contribution >= 0.6 is 11.6 Å². The lowest BCUT2D eigenvalue weighted by Gasteiger charge is -2.10. The van der Waals surface area contributed by atoms with Crippen molar-refractivity contribution >= 4 is 28.7 Å². The van der Waals surface area contributed by atoms with E-state index in [2.05, 4.69) is 10.1 Å². The van der Waals surface area contributed by atoms with Gasteiger partial charge in [0.25, 0.3) is 5.56 Å². The SMILES string of the molecule is O=c1[nH]c2ccccc2c(=O)n1N=Cc1ccccc1OCc1ccccc1Cl. The lowest BCUT2D eigenvalue weighted by molar-refractivity contribution is 0.306. The Bertz CT molecular complexity index is 1320. The van der Waals surface area contributed by atoms with Crippen LogP contribution in [0.25, 0.3) is 10.9 Å². The fraction of sp³-hybridized carbons (Fsp3) is 0.0455. The predicted molar refractivity (Wildman–Crippen MR) is 114 cm³/mol. The number of halogens is 1. The summed E-state index contributed by atoms with van der Waals surface area (Å²) < 4.78 is 6.67. The van der Waals surface area contributed by atoms with Gasteiger partial charge in [-0.25, -0.2) is 4.79 Å². The number of rotatable bonds is 5. The van der Waals surface area contributed by atoms with Gasteiger partial charge in [-0.15, -0.1) is 4.68 Å². The van der Waals surface area contributed by atoms with Crippen LogP contribution in [0.3, 0.4) is 0 Å². The van der Waals surface area contributed by atoms with Crippen molar-refractivity contribution in [1.29, 1.82) is 0 Å². The summed E-state index contributed by atoms with van der Waals surface area (Å²) in [6.45, 7) is 0.279. The van der Waals surface area contributed by atoms with Crippen molar-refractivity contribution in [2.24, 2.45) is 5.10 Å². The Balaban J connectivity index is 1.65. The zero-order valence-electron chi connectivity index (χ0n) is 15.2. The van der Waals surface area contributed by atoms with E-state index in [1.54, 1.807) is 42.5 Å². The van der Waals surface area contributed by atoms with Gasteiger partial charge in [-0.2, -0.15) is 5.10 Å². The van der Waals surface area contributed by atoms with E-state index in [1.165, 1.54) is 6.21 Å². The lowest BCUT2D eigenvalue weighted by Crippen LogP contribution is -2.32. The monoisotopic (exact) mass is 405 g/mol. The number of aromatic amines is 1. The number of para-hydroxylation sites is 2. The van der Waals surface area contributed by atoms with Gasteiger partial charge in [-0.3, -0.25) is 4.79 Å². The number of nitrogens with one attached hydrogen (secondary N) is 1. The first kappa shape index (κ1) is 18.7. The molecule has 0 unspecified atom stereocenters. The fourth-order valence-corrected chi connectivity index (χ4v) is 3.06. The number of hydrogen-bond donors (Lipinski definition) is 1. The molecule has 0 bridgehead atoms. The molecule has 6 nitrogen and oxygen atoms in total. The van der Waals surface area contributed by atoms with E-state index in [9.17, 15) is 9.59 Å². The molecule has 0 atom stereocenters. The molecule has 4 aromatic rings. The highest BCUT2D eigenvalue weighted by Crippen LogP contribution is 2.21. The molecule has 144 valence electrons. The van der Waals surface area contributed by atoms with Crippen LogP contribution in [0.5, 0.6) is 5.75 Å². The first-order valence-electron chi connectivity index (χ1n) is 8.87. The number of aromatic nitrogens is 2. The Morgan fingerprint density at radius 1 is 0.966 bits per heavy atom. The van der Waals surface area contributed by atoms with Gasteiger partial charge in [-0.1, -0.05) is 54.1 Å². The lowest BCUT2D eigenvalue weighted by atomic mass is 10.2. The van der Waals surface area contributed by atoms with Crippen LogP contribution < -0.4 is 16.0 Å². The zero-order valence-corrected chi connectivity index (χ0v) is 16.0. The van der Waals surface area contributed by atoms with Gasteiger partial charge >= 0.3 is 5.69 Å². The van der Waals surface area contributed by atoms with Crippen molar-refractivity contribution in [1.82, 2.24) is 9.66 Å². The van der Waals surface area contributed by atoms with Gasteiger partial charge in [0.05, 0.1) is 17.1 Å². The van der Waals surface area contributed by atoms with E-state index in [4.69, 9.17) is 16.3 Å². The Hall–Kier alpha value is -3.64.